The van der Waals surface area contributed by atoms with Crippen LogP contribution in [0.25, 0.3) is 21.9 Å². The number of nitrogens with zero attached hydrogens (tertiary/aromatic N) is 2. The lowest BCUT2D eigenvalue weighted by Gasteiger charge is -2.06. The van der Waals surface area contributed by atoms with E-state index in [9.17, 15) is 19.2 Å². The van der Waals surface area contributed by atoms with Gasteiger partial charge < -0.3 is 23.2 Å². The van der Waals surface area contributed by atoms with Crippen molar-refractivity contribution in [1.29, 1.82) is 0 Å². The number of unbranched alkanes of at least 4 members (excludes halogenated alkanes) is 1. The molecule has 0 bridgehead atoms. The first kappa shape index (κ1) is 20.0. The zero-order valence-electron chi connectivity index (χ0n) is 15.8. The first-order valence-corrected chi connectivity index (χ1v) is 8.63. The van der Waals surface area contributed by atoms with Crippen LogP contribution in [0.2, 0.25) is 0 Å². The van der Waals surface area contributed by atoms with Gasteiger partial charge in [-0.15, -0.1) is 0 Å². The van der Waals surface area contributed by atoms with Crippen molar-refractivity contribution in [3.8, 4) is 5.75 Å². The van der Waals surface area contributed by atoms with E-state index in [1.807, 2.05) is 6.92 Å². The van der Waals surface area contributed by atoms with Crippen molar-refractivity contribution >= 4 is 33.9 Å². The summed E-state index contributed by atoms with van der Waals surface area (Å²) < 4.78 is 16.4. The lowest BCUT2D eigenvalue weighted by molar-refractivity contribution is -0.142. The number of carbonyl (C=O) groups excluding carboxylic acids is 2. The van der Waals surface area contributed by atoms with E-state index in [0.717, 1.165) is 20.3 Å². The lowest BCUT2D eigenvalue weighted by atomic mass is 10.1. The smallest absolute Gasteiger partial charge is 0.332 e. The van der Waals surface area contributed by atoms with Gasteiger partial charge in [0.05, 0.1) is 6.61 Å². The second-order valence-corrected chi connectivity index (χ2v) is 5.97. The van der Waals surface area contributed by atoms with Crippen LogP contribution < -0.4 is 26.7 Å². The number of furan rings is 2. The molecule has 3 aromatic rings. The fourth-order valence-corrected chi connectivity index (χ4v) is 2.51. The Bertz CT molecular complexity index is 1230. The van der Waals surface area contributed by atoms with Gasteiger partial charge in [0.15, 0.2) is 0 Å². The quantitative estimate of drug-likeness (QED) is 0.329. The first-order chi connectivity index (χ1) is 13.8. The van der Waals surface area contributed by atoms with Crippen LogP contribution >= 0.6 is 0 Å². The summed E-state index contributed by atoms with van der Waals surface area (Å²) in [5.41, 5.74) is -2.41. The molecule has 0 aliphatic rings. The number of hydrogen-bond donors (Lipinski definition) is 0. The molecule has 0 N–H and O–H groups in total. The van der Waals surface area contributed by atoms with E-state index in [-0.39, 0.29) is 34.3 Å². The second-order valence-electron chi connectivity index (χ2n) is 5.97. The molecule has 0 radical (unpaired) electrons. The molecule has 152 valence electrons. The van der Waals surface area contributed by atoms with Crippen molar-refractivity contribution in [3.63, 3.8) is 0 Å². The molecule has 0 aliphatic heterocycles. The van der Waals surface area contributed by atoms with Crippen LogP contribution in [-0.2, 0) is 19.3 Å². The third kappa shape index (κ3) is 3.93. The number of ether oxygens (including phenoxy) is 1. The van der Waals surface area contributed by atoms with Crippen LogP contribution in [0.15, 0.2) is 34.8 Å². The Hall–Kier alpha value is -3.76. The Kier molecular flexibility index (Phi) is 5.57. The minimum atomic E-state index is -0.739. The maximum absolute atomic E-state index is 12.7. The fourth-order valence-electron chi connectivity index (χ4n) is 2.51. The average Bonchev–Trinajstić information content (AvgIpc) is 3.15. The van der Waals surface area contributed by atoms with E-state index in [1.54, 1.807) is 0 Å². The third-order valence-corrected chi connectivity index (χ3v) is 3.72. The minimum absolute atomic E-state index is 0.00712. The molecule has 0 saturated heterocycles. The summed E-state index contributed by atoms with van der Waals surface area (Å²) in [6.07, 6.45) is 1.47. The minimum Gasteiger partial charge on any atom is -0.492 e. The van der Waals surface area contributed by atoms with Gasteiger partial charge in [0, 0.05) is 19.9 Å². The van der Waals surface area contributed by atoms with Gasteiger partial charge in [-0.05, 0) is 16.7 Å². The van der Waals surface area contributed by atoms with Crippen molar-refractivity contribution in [2.75, 3.05) is 6.61 Å². The second kappa shape index (κ2) is 8.09. The van der Waals surface area contributed by atoms with Gasteiger partial charge in [0.25, 0.3) is 10.9 Å². The van der Waals surface area contributed by atoms with Gasteiger partial charge >= 0.3 is 23.0 Å². The summed E-state index contributed by atoms with van der Waals surface area (Å²) in [6.45, 7) is 4.38. The molecular formula is C18H16N2O9. The molecule has 0 amide bonds. The lowest BCUT2D eigenvalue weighted by Crippen LogP contribution is -2.22. The monoisotopic (exact) mass is 404 g/mol. The Morgan fingerprint density at radius 1 is 0.931 bits per heavy atom. The number of rotatable bonds is 6. The summed E-state index contributed by atoms with van der Waals surface area (Å²) in [6, 6.07) is 1.28. The van der Waals surface area contributed by atoms with Gasteiger partial charge in [0.1, 0.15) is 27.7 Å². The van der Waals surface area contributed by atoms with Gasteiger partial charge in [-0.25, -0.2) is 9.59 Å². The molecule has 3 rings (SSSR count). The Morgan fingerprint density at radius 3 is 1.83 bits per heavy atom. The molecular weight excluding hydrogens is 388 g/mol. The molecule has 2 heterocycles. The molecule has 11 nitrogen and oxygen atoms in total. The maximum Gasteiger partial charge on any atom is 0.332 e. The number of carbonyl (C=O) groups is 2. The van der Waals surface area contributed by atoms with Gasteiger partial charge in [-0.1, -0.05) is 13.3 Å². The van der Waals surface area contributed by atoms with E-state index in [4.69, 9.17) is 13.6 Å². The molecule has 11 heteroatoms. The summed E-state index contributed by atoms with van der Waals surface area (Å²) in [5, 5.41) is 6.63. The highest BCUT2D eigenvalue weighted by Crippen LogP contribution is 2.30. The van der Waals surface area contributed by atoms with Crippen molar-refractivity contribution in [1.82, 2.24) is 0 Å². The van der Waals surface area contributed by atoms with Gasteiger partial charge in [0.2, 0.25) is 0 Å². The van der Waals surface area contributed by atoms with Crippen LogP contribution in [0.3, 0.4) is 0 Å². The van der Waals surface area contributed by atoms with Crippen LogP contribution in [0.4, 0.5) is 0 Å². The topological polar surface area (TPSA) is 147 Å². The molecule has 0 saturated carbocycles. The van der Waals surface area contributed by atoms with Gasteiger partial charge in [-0.3, -0.25) is 9.59 Å². The van der Waals surface area contributed by atoms with Crippen LogP contribution in [0.1, 0.15) is 33.6 Å². The van der Waals surface area contributed by atoms with E-state index in [1.165, 1.54) is 6.07 Å². The molecule has 0 atom stereocenters. The predicted octanol–water partition coefficient (Wildman–Crippen LogP) is 0.712. The van der Waals surface area contributed by atoms with Gasteiger partial charge in [-0.2, -0.15) is 0 Å². The molecule has 0 fully saturated rings. The standard InChI is InChI=1S/C18H16N2O9/c1-4-5-6-25-16-12-10(26-17(14(12)23)19-28-8(2)21)7-11-13(16)15(24)18(27-11)20-29-9(3)22/h7H,4-6H2,1-3H3. The summed E-state index contributed by atoms with van der Waals surface area (Å²) in [5.74, 6) is -1.55. The average molecular weight is 404 g/mol. The highest BCUT2D eigenvalue weighted by atomic mass is 16.7. The molecule has 2 aromatic heterocycles. The normalized spacial score (nSPS) is 12.7. The molecule has 1 aromatic carbocycles. The summed E-state index contributed by atoms with van der Waals surface area (Å²) in [4.78, 5) is 56.2. The first-order valence-electron chi connectivity index (χ1n) is 8.63. The zero-order chi connectivity index (χ0) is 21.1. The largest absolute Gasteiger partial charge is 0.492 e. The Labute approximate surface area is 161 Å². The van der Waals surface area contributed by atoms with E-state index in [2.05, 4.69) is 20.0 Å². The highest BCUT2D eigenvalue weighted by molar-refractivity contribution is 6.01. The Morgan fingerprint density at radius 2 is 1.41 bits per heavy atom. The highest BCUT2D eigenvalue weighted by Gasteiger charge is 2.23. The molecule has 0 spiro atoms. The Balaban J connectivity index is 2.32. The van der Waals surface area contributed by atoms with Crippen LogP contribution in [-0.4, -0.2) is 18.5 Å². The SMILES string of the molecule is CCCCOc1c2c(=O)c(=NOC(C)=O)oc2cc2oc(=NOC(C)=O)c(=O)c12. The zero-order valence-corrected chi connectivity index (χ0v) is 15.8. The number of fused-ring (bicyclic) bond motifs is 2. The van der Waals surface area contributed by atoms with E-state index in [0.29, 0.717) is 6.42 Å². The van der Waals surface area contributed by atoms with E-state index < -0.39 is 33.9 Å². The molecule has 0 aliphatic carbocycles. The molecule has 0 unspecified atom stereocenters. The van der Waals surface area contributed by atoms with Crippen molar-refractivity contribution in [2.24, 2.45) is 10.3 Å². The fraction of sp³-hybridized carbons (Fsp3) is 0.333. The van der Waals surface area contributed by atoms with Crippen LogP contribution in [0, 0.1) is 0 Å². The predicted molar refractivity (Wildman–Crippen MR) is 96.0 cm³/mol. The third-order valence-electron chi connectivity index (χ3n) is 3.72. The molecule has 29 heavy (non-hydrogen) atoms. The van der Waals surface area contributed by atoms with Crippen molar-refractivity contribution < 1.29 is 32.8 Å². The summed E-state index contributed by atoms with van der Waals surface area (Å²) in [7, 11) is 0. The summed E-state index contributed by atoms with van der Waals surface area (Å²) >= 11 is 0. The van der Waals surface area contributed by atoms with Crippen molar-refractivity contribution in [3.05, 3.63) is 37.6 Å². The number of benzene rings is 1. The van der Waals surface area contributed by atoms with Crippen LogP contribution in [0.5, 0.6) is 5.75 Å². The van der Waals surface area contributed by atoms with Crippen molar-refractivity contribution in [2.45, 2.75) is 33.6 Å². The number of hydrogen-bond acceptors (Lipinski definition) is 11. The van der Waals surface area contributed by atoms with E-state index >= 15 is 0 Å². The maximum atomic E-state index is 12.7.